The zero-order chi connectivity index (χ0) is 20.8. The van der Waals surface area contributed by atoms with Gasteiger partial charge in [0.15, 0.2) is 24.4 Å². The zero-order valence-electron chi connectivity index (χ0n) is 16.8. The number of benzene rings is 2. The number of fused-ring (bicyclic) bond motifs is 1. The first-order valence-electron chi connectivity index (χ1n) is 9.15. The fourth-order valence-electron chi connectivity index (χ4n) is 3.86. The van der Waals surface area contributed by atoms with Crippen LogP contribution in [0.5, 0.6) is 0 Å². The molecule has 0 bridgehead atoms. The van der Waals surface area contributed by atoms with Gasteiger partial charge < -0.3 is 26.2 Å². The molecule has 0 saturated heterocycles. The van der Waals surface area contributed by atoms with E-state index in [0.717, 1.165) is 28.9 Å². The van der Waals surface area contributed by atoms with Crippen LogP contribution in [0.25, 0.3) is 22.8 Å². The SMILES string of the molecule is CN1C[N+](C)(C)Cc2cc(-c3oc(-c4ccc([N+](=O)[O-])cc4)nc3C=O)ccc21.[Cl-]. The number of oxazole rings is 1. The Morgan fingerprint density at radius 1 is 1.17 bits per heavy atom. The number of quaternary nitrogens is 1. The molecule has 9 heteroatoms. The maximum Gasteiger partial charge on any atom is 0.269 e. The molecule has 1 aliphatic heterocycles. The summed E-state index contributed by atoms with van der Waals surface area (Å²) in [6.45, 7) is 1.78. The van der Waals surface area contributed by atoms with Gasteiger partial charge >= 0.3 is 0 Å². The molecule has 0 amide bonds. The monoisotopic (exact) mass is 428 g/mol. The fourth-order valence-corrected chi connectivity index (χ4v) is 3.86. The zero-order valence-corrected chi connectivity index (χ0v) is 17.6. The second-order valence-corrected chi connectivity index (χ2v) is 7.93. The topological polar surface area (TPSA) is 89.5 Å². The summed E-state index contributed by atoms with van der Waals surface area (Å²) in [4.78, 5) is 28.5. The van der Waals surface area contributed by atoms with E-state index in [-0.39, 0.29) is 29.7 Å². The van der Waals surface area contributed by atoms with Crippen molar-refractivity contribution in [2.45, 2.75) is 6.54 Å². The smallest absolute Gasteiger partial charge is 0.269 e. The van der Waals surface area contributed by atoms with Crippen LogP contribution in [-0.4, -0.2) is 48.5 Å². The summed E-state index contributed by atoms with van der Waals surface area (Å²) in [6, 6.07) is 11.9. The lowest BCUT2D eigenvalue weighted by Crippen LogP contribution is -3.00. The van der Waals surface area contributed by atoms with Crippen molar-refractivity contribution in [3.05, 3.63) is 63.8 Å². The quantitative estimate of drug-likeness (QED) is 0.263. The second-order valence-electron chi connectivity index (χ2n) is 7.93. The van der Waals surface area contributed by atoms with Gasteiger partial charge in [0.05, 0.1) is 19.0 Å². The highest BCUT2D eigenvalue weighted by molar-refractivity contribution is 5.84. The number of nitro groups is 1. The van der Waals surface area contributed by atoms with Gasteiger partial charge in [-0.2, -0.15) is 0 Å². The molecule has 0 unspecified atom stereocenters. The van der Waals surface area contributed by atoms with Crippen molar-refractivity contribution in [2.75, 3.05) is 32.7 Å². The summed E-state index contributed by atoms with van der Waals surface area (Å²) >= 11 is 0. The Labute approximate surface area is 179 Å². The third kappa shape index (κ3) is 3.92. The number of aromatic nitrogens is 1. The predicted octanol–water partition coefficient (Wildman–Crippen LogP) is 0.717. The number of aldehydes is 1. The normalized spacial score (nSPS) is 14.6. The number of anilines is 1. The van der Waals surface area contributed by atoms with Crippen LogP contribution in [0.4, 0.5) is 11.4 Å². The van der Waals surface area contributed by atoms with Gasteiger partial charge in [0.1, 0.15) is 6.54 Å². The first-order chi connectivity index (χ1) is 13.8. The number of carbonyl (C=O) groups excluding carboxylic acids is 1. The van der Waals surface area contributed by atoms with Crippen LogP contribution < -0.4 is 17.3 Å². The first kappa shape index (κ1) is 21.5. The van der Waals surface area contributed by atoms with Gasteiger partial charge in [-0.3, -0.25) is 14.9 Å². The van der Waals surface area contributed by atoms with Crippen molar-refractivity contribution in [2.24, 2.45) is 0 Å². The van der Waals surface area contributed by atoms with Crippen LogP contribution >= 0.6 is 0 Å². The van der Waals surface area contributed by atoms with E-state index in [9.17, 15) is 14.9 Å². The molecule has 0 spiro atoms. The first-order valence-corrected chi connectivity index (χ1v) is 9.15. The highest BCUT2D eigenvalue weighted by atomic mass is 35.5. The summed E-state index contributed by atoms with van der Waals surface area (Å²) in [5, 5.41) is 10.8. The van der Waals surface area contributed by atoms with Crippen molar-refractivity contribution in [1.82, 2.24) is 4.98 Å². The molecule has 2 aromatic carbocycles. The minimum absolute atomic E-state index is 0. The van der Waals surface area contributed by atoms with Crippen LogP contribution in [0.3, 0.4) is 0 Å². The van der Waals surface area contributed by atoms with Crippen LogP contribution in [0.1, 0.15) is 16.1 Å². The predicted molar refractivity (Wildman–Crippen MR) is 108 cm³/mol. The minimum Gasteiger partial charge on any atom is -1.00 e. The Hall–Kier alpha value is -3.23. The lowest BCUT2D eigenvalue weighted by atomic mass is 10.0. The molecule has 1 aromatic heterocycles. The third-order valence-electron chi connectivity index (χ3n) is 5.04. The molecule has 0 atom stereocenters. The number of halogens is 1. The van der Waals surface area contributed by atoms with E-state index in [2.05, 4.69) is 31.0 Å². The van der Waals surface area contributed by atoms with E-state index in [4.69, 9.17) is 4.42 Å². The molecule has 2 heterocycles. The number of non-ortho nitro benzene ring substituents is 1. The summed E-state index contributed by atoms with van der Waals surface area (Å²) in [7, 11) is 6.41. The number of hydrogen-bond acceptors (Lipinski definition) is 6. The van der Waals surface area contributed by atoms with Crippen LogP contribution in [-0.2, 0) is 6.54 Å². The summed E-state index contributed by atoms with van der Waals surface area (Å²) in [6.07, 6.45) is 0.666. The molecule has 3 aromatic rings. The molecule has 0 fully saturated rings. The van der Waals surface area contributed by atoms with Crippen molar-refractivity contribution >= 4 is 17.7 Å². The number of hydrogen-bond donors (Lipinski definition) is 0. The Kier molecular flexibility index (Phi) is 5.65. The number of rotatable bonds is 4. The van der Waals surface area contributed by atoms with Crippen molar-refractivity contribution in [3.8, 4) is 22.8 Å². The van der Waals surface area contributed by atoms with Crippen LogP contribution in [0.2, 0.25) is 0 Å². The largest absolute Gasteiger partial charge is 1.00 e. The average Bonchev–Trinajstić information content (AvgIpc) is 3.11. The Morgan fingerprint density at radius 2 is 1.83 bits per heavy atom. The van der Waals surface area contributed by atoms with Gasteiger partial charge in [-0.1, -0.05) is 0 Å². The molecular weight excluding hydrogens is 408 g/mol. The molecule has 0 radical (unpaired) electrons. The van der Waals surface area contributed by atoms with E-state index < -0.39 is 4.92 Å². The van der Waals surface area contributed by atoms with Gasteiger partial charge in [0, 0.05) is 41.6 Å². The van der Waals surface area contributed by atoms with E-state index in [1.807, 2.05) is 18.2 Å². The maximum absolute atomic E-state index is 11.6. The van der Waals surface area contributed by atoms with Crippen molar-refractivity contribution in [1.29, 1.82) is 0 Å². The third-order valence-corrected chi connectivity index (χ3v) is 5.04. The highest BCUT2D eigenvalue weighted by Crippen LogP contribution is 2.35. The Bertz CT molecular complexity index is 1110. The number of nitrogens with zero attached hydrogens (tertiary/aromatic N) is 4. The summed E-state index contributed by atoms with van der Waals surface area (Å²) < 4.78 is 6.75. The van der Waals surface area contributed by atoms with Crippen LogP contribution in [0, 0.1) is 10.1 Å². The van der Waals surface area contributed by atoms with E-state index in [1.165, 1.54) is 17.7 Å². The van der Waals surface area contributed by atoms with Crippen molar-refractivity contribution in [3.63, 3.8) is 0 Å². The van der Waals surface area contributed by atoms with Gasteiger partial charge in [-0.25, -0.2) is 4.98 Å². The lowest BCUT2D eigenvalue weighted by molar-refractivity contribution is -0.904. The van der Waals surface area contributed by atoms with E-state index in [1.54, 1.807) is 12.1 Å². The van der Waals surface area contributed by atoms with Gasteiger partial charge in [-0.15, -0.1) is 0 Å². The lowest BCUT2D eigenvalue weighted by Gasteiger charge is -2.40. The van der Waals surface area contributed by atoms with E-state index in [0.29, 0.717) is 17.6 Å². The molecule has 8 nitrogen and oxygen atoms in total. The molecule has 156 valence electrons. The summed E-state index contributed by atoms with van der Waals surface area (Å²) in [5.41, 5.74) is 3.87. The molecule has 30 heavy (non-hydrogen) atoms. The van der Waals surface area contributed by atoms with Crippen LogP contribution in [0.15, 0.2) is 46.9 Å². The highest BCUT2D eigenvalue weighted by Gasteiger charge is 2.28. The van der Waals surface area contributed by atoms with E-state index >= 15 is 0 Å². The van der Waals surface area contributed by atoms with Crippen molar-refractivity contribution < 1.29 is 31.0 Å². The minimum atomic E-state index is -0.467. The molecule has 1 aliphatic rings. The average molecular weight is 429 g/mol. The Balaban J connectivity index is 0.00000256. The molecule has 4 rings (SSSR count). The number of carbonyl (C=O) groups is 1. The van der Waals surface area contributed by atoms with Gasteiger partial charge in [-0.05, 0) is 30.3 Å². The van der Waals surface area contributed by atoms with Gasteiger partial charge in [0.25, 0.3) is 5.69 Å². The second kappa shape index (κ2) is 7.89. The summed E-state index contributed by atoms with van der Waals surface area (Å²) in [5.74, 6) is 0.651. The maximum atomic E-state index is 11.6. The molecule has 0 aliphatic carbocycles. The fraction of sp³-hybridized carbons (Fsp3) is 0.238. The molecular formula is C21H21ClN4O4. The molecule has 0 N–H and O–H groups in total. The number of nitro benzene ring substituents is 1. The van der Waals surface area contributed by atoms with Gasteiger partial charge in [0.2, 0.25) is 5.89 Å². The standard InChI is InChI=1S/C21H21N4O4.ClH/c1-23-13-25(2,3)11-16-10-15(6-9-19(16)23)20-18(12-26)22-21(29-20)14-4-7-17(8-5-14)24(27)28;/h4-10,12H,11,13H2,1-3H3;1H/q+1;/p-1. The molecule has 0 saturated carbocycles. The Morgan fingerprint density at radius 3 is 2.47 bits per heavy atom.